The van der Waals surface area contributed by atoms with Crippen LogP contribution in [0.2, 0.25) is 5.02 Å². The molecule has 0 radical (unpaired) electrons. The summed E-state index contributed by atoms with van der Waals surface area (Å²) in [5.74, 6) is -0.0208. The van der Waals surface area contributed by atoms with Gasteiger partial charge >= 0.3 is 5.69 Å². The van der Waals surface area contributed by atoms with Gasteiger partial charge in [0, 0.05) is 22.8 Å². The lowest BCUT2D eigenvalue weighted by Gasteiger charge is -2.12. The van der Waals surface area contributed by atoms with Crippen LogP contribution < -0.4 is 21.5 Å². The molecule has 0 atom stereocenters. The standard InChI is InChI=1S/C16H15ClN4O3/c17-10-1-4-14(24-8-15(18)22)9(5-10)7-19-11-2-3-12-13(6-11)21-16(23)20-12/h1-6,19H,7-8H2,(H2,18,22)(H2,20,21,23). The van der Waals surface area contributed by atoms with Crippen molar-refractivity contribution in [1.29, 1.82) is 0 Å². The Morgan fingerprint density at radius 3 is 2.75 bits per heavy atom. The molecule has 0 aliphatic carbocycles. The Labute approximate surface area is 141 Å². The molecule has 1 amide bonds. The predicted molar refractivity (Wildman–Crippen MR) is 92.4 cm³/mol. The van der Waals surface area contributed by atoms with Gasteiger partial charge in [0.2, 0.25) is 0 Å². The van der Waals surface area contributed by atoms with Gasteiger partial charge in [-0.05, 0) is 36.4 Å². The summed E-state index contributed by atoms with van der Waals surface area (Å²) in [6, 6.07) is 10.6. The molecule has 0 aliphatic heterocycles. The smallest absolute Gasteiger partial charge is 0.323 e. The van der Waals surface area contributed by atoms with Crippen molar-refractivity contribution in [2.45, 2.75) is 6.54 Å². The van der Waals surface area contributed by atoms with E-state index in [2.05, 4.69) is 15.3 Å². The van der Waals surface area contributed by atoms with Crippen LogP contribution in [-0.2, 0) is 11.3 Å². The second-order valence-electron chi connectivity index (χ2n) is 5.20. The number of primary amides is 1. The minimum absolute atomic E-state index is 0.203. The fourth-order valence-corrected chi connectivity index (χ4v) is 2.51. The van der Waals surface area contributed by atoms with Gasteiger partial charge in [0.25, 0.3) is 5.91 Å². The van der Waals surface area contributed by atoms with Crippen molar-refractivity contribution >= 4 is 34.2 Å². The number of aromatic nitrogens is 2. The molecule has 0 aliphatic rings. The van der Waals surface area contributed by atoms with E-state index < -0.39 is 5.91 Å². The summed E-state index contributed by atoms with van der Waals surface area (Å²) in [5, 5.41) is 3.79. The molecule has 3 aromatic rings. The summed E-state index contributed by atoms with van der Waals surface area (Å²) in [6.07, 6.45) is 0. The predicted octanol–water partition coefficient (Wildman–Crippen LogP) is 1.99. The van der Waals surface area contributed by atoms with E-state index in [4.69, 9.17) is 22.1 Å². The largest absolute Gasteiger partial charge is 0.483 e. The zero-order valence-corrected chi connectivity index (χ0v) is 13.3. The van der Waals surface area contributed by atoms with E-state index in [0.717, 1.165) is 16.8 Å². The van der Waals surface area contributed by atoms with Crippen LogP contribution in [0.25, 0.3) is 11.0 Å². The Bertz CT molecular complexity index is 948. The Morgan fingerprint density at radius 2 is 1.96 bits per heavy atom. The summed E-state index contributed by atoms with van der Waals surface area (Å²) in [6.45, 7) is 0.222. The highest BCUT2D eigenvalue weighted by atomic mass is 35.5. The number of nitrogens with one attached hydrogen (secondary N) is 3. The van der Waals surface area contributed by atoms with E-state index >= 15 is 0 Å². The van der Waals surface area contributed by atoms with Crippen molar-refractivity contribution in [1.82, 2.24) is 9.97 Å². The lowest BCUT2D eigenvalue weighted by Crippen LogP contribution is -2.20. The van der Waals surface area contributed by atoms with Crippen LogP contribution in [0.4, 0.5) is 5.69 Å². The van der Waals surface area contributed by atoms with E-state index in [9.17, 15) is 9.59 Å². The Hall–Kier alpha value is -2.93. The fraction of sp³-hybridized carbons (Fsp3) is 0.125. The first-order chi connectivity index (χ1) is 11.5. The van der Waals surface area contributed by atoms with Gasteiger partial charge in [-0.1, -0.05) is 11.6 Å². The normalized spacial score (nSPS) is 10.7. The maximum Gasteiger partial charge on any atom is 0.323 e. The number of nitrogens with two attached hydrogens (primary N) is 1. The van der Waals surface area contributed by atoms with Crippen LogP contribution >= 0.6 is 11.6 Å². The second-order valence-corrected chi connectivity index (χ2v) is 5.64. The number of fused-ring (bicyclic) bond motifs is 1. The summed E-state index contributed by atoms with van der Waals surface area (Å²) in [7, 11) is 0. The number of benzene rings is 2. The molecule has 0 unspecified atom stereocenters. The number of amides is 1. The number of carbonyl (C=O) groups excluding carboxylic acids is 1. The first kappa shape index (κ1) is 15.9. The minimum atomic E-state index is -0.550. The third-order valence-corrected chi connectivity index (χ3v) is 3.63. The number of anilines is 1. The fourth-order valence-electron chi connectivity index (χ4n) is 2.32. The highest BCUT2D eigenvalue weighted by Crippen LogP contribution is 2.24. The van der Waals surface area contributed by atoms with Gasteiger partial charge in [-0.2, -0.15) is 0 Å². The zero-order valence-electron chi connectivity index (χ0n) is 12.6. The minimum Gasteiger partial charge on any atom is -0.483 e. The topological polar surface area (TPSA) is 113 Å². The summed E-state index contributed by atoms with van der Waals surface area (Å²) in [5.41, 5.74) is 7.90. The van der Waals surface area contributed by atoms with Gasteiger partial charge < -0.3 is 25.8 Å². The molecule has 1 aromatic heterocycles. The van der Waals surface area contributed by atoms with Crippen molar-refractivity contribution in [2.75, 3.05) is 11.9 Å². The molecule has 2 aromatic carbocycles. The van der Waals surface area contributed by atoms with Gasteiger partial charge in [-0.3, -0.25) is 4.79 Å². The van der Waals surface area contributed by atoms with Crippen molar-refractivity contribution in [3.8, 4) is 5.75 Å². The third kappa shape index (κ3) is 3.69. The van der Waals surface area contributed by atoms with Crippen LogP contribution in [0.5, 0.6) is 5.75 Å². The van der Waals surface area contributed by atoms with Gasteiger partial charge in [0.05, 0.1) is 11.0 Å². The molecular formula is C16H15ClN4O3. The van der Waals surface area contributed by atoms with Crippen molar-refractivity contribution in [2.24, 2.45) is 5.73 Å². The number of imidazole rings is 1. The van der Waals surface area contributed by atoms with E-state index in [-0.39, 0.29) is 12.3 Å². The number of hydrogen-bond donors (Lipinski definition) is 4. The summed E-state index contributed by atoms with van der Waals surface area (Å²) >= 11 is 6.02. The van der Waals surface area contributed by atoms with Gasteiger partial charge in [0.1, 0.15) is 5.75 Å². The van der Waals surface area contributed by atoms with Gasteiger partial charge in [-0.15, -0.1) is 0 Å². The molecule has 124 valence electrons. The first-order valence-electron chi connectivity index (χ1n) is 7.17. The van der Waals surface area contributed by atoms with Crippen LogP contribution in [-0.4, -0.2) is 22.5 Å². The van der Waals surface area contributed by atoms with Crippen LogP contribution in [0.1, 0.15) is 5.56 Å². The van der Waals surface area contributed by atoms with E-state index in [1.807, 2.05) is 12.1 Å². The Balaban J connectivity index is 1.77. The molecule has 0 bridgehead atoms. The number of aromatic amines is 2. The lowest BCUT2D eigenvalue weighted by molar-refractivity contribution is -0.119. The molecule has 0 spiro atoms. The SMILES string of the molecule is NC(=O)COc1ccc(Cl)cc1CNc1ccc2[nH]c(=O)[nH]c2c1. The molecule has 5 N–H and O–H groups in total. The van der Waals surface area contributed by atoms with E-state index in [1.54, 1.807) is 24.3 Å². The molecule has 0 saturated heterocycles. The zero-order chi connectivity index (χ0) is 17.1. The van der Waals surface area contributed by atoms with Crippen LogP contribution in [0.3, 0.4) is 0 Å². The number of hydrogen-bond acceptors (Lipinski definition) is 4. The summed E-state index contributed by atoms with van der Waals surface area (Å²) < 4.78 is 5.39. The quantitative estimate of drug-likeness (QED) is 0.546. The maximum absolute atomic E-state index is 11.3. The van der Waals surface area contributed by atoms with E-state index in [0.29, 0.717) is 22.8 Å². The Kier molecular flexibility index (Phi) is 4.43. The molecule has 3 rings (SSSR count). The second kappa shape index (κ2) is 6.67. The molecule has 0 saturated carbocycles. The number of halogens is 1. The van der Waals surface area contributed by atoms with Crippen molar-refractivity contribution in [3.05, 3.63) is 57.5 Å². The molecule has 0 fully saturated rings. The average molecular weight is 347 g/mol. The number of rotatable bonds is 6. The lowest BCUT2D eigenvalue weighted by atomic mass is 10.2. The number of ether oxygens (including phenoxy) is 1. The number of H-pyrrole nitrogens is 2. The average Bonchev–Trinajstić information content (AvgIpc) is 2.91. The van der Waals surface area contributed by atoms with Crippen molar-refractivity contribution < 1.29 is 9.53 Å². The highest BCUT2D eigenvalue weighted by Gasteiger charge is 2.07. The van der Waals surface area contributed by atoms with E-state index in [1.165, 1.54) is 0 Å². The highest BCUT2D eigenvalue weighted by molar-refractivity contribution is 6.30. The molecule has 7 nitrogen and oxygen atoms in total. The first-order valence-corrected chi connectivity index (χ1v) is 7.54. The van der Waals surface area contributed by atoms with Gasteiger partial charge in [0.15, 0.2) is 6.61 Å². The maximum atomic E-state index is 11.3. The Morgan fingerprint density at radius 1 is 1.17 bits per heavy atom. The molecule has 24 heavy (non-hydrogen) atoms. The van der Waals surface area contributed by atoms with Crippen molar-refractivity contribution in [3.63, 3.8) is 0 Å². The van der Waals surface area contributed by atoms with Crippen LogP contribution in [0.15, 0.2) is 41.2 Å². The van der Waals surface area contributed by atoms with Gasteiger partial charge in [-0.25, -0.2) is 4.79 Å². The molecule has 1 heterocycles. The molecule has 8 heteroatoms. The molecular weight excluding hydrogens is 332 g/mol. The van der Waals surface area contributed by atoms with Crippen LogP contribution in [0, 0.1) is 0 Å². The monoisotopic (exact) mass is 346 g/mol. The summed E-state index contributed by atoms with van der Waals surface area (Å²) in [4.78, 5) is 27.6. The third-order valence-electron chi connectivity index (χ3n) is 3.39. The number of carbonyl (C=O) groups is 1.